The van der Waals surface area contributed by atoms with E-state index in [1.807, 2.05) is 6.92 Å². The Morgan fingerprint density at radius 1 is 1.26 bits per heavy atom. The number of hydrogen-bond donors (Lipinski definition) is 1. The van der Waals surface area contributed by atoms with Gasteiger partial charge in [-0.2, -0.15) is 18.3 Å². The van der Waals surface area contributed by atoms with E-state index in [9.17, 15) is 13.2 Å². The lowest BCUT2D eigenvalue weighted by molar-refractivity contribution is -0.137. The summed E-state index contributed by atoms with van der Waals surface area (Å²) in [7, 11) is 1.60. The normalized spacial score (nSPS) is 11.8. The first-order valence-corrected chi connectivity index (χ1v) is 5.84. The standard InChI is InChI=1S/C13H14F3N3/c1-3-8-11(19(2)18-12(8)17)9-6-4-5-7-10(9)13(14,15)16/h4-7H,3H2,1-2H3,(H2,17,18). The predicted octanol–water partition coefficient (Wildman–Crippen LogP) is 3.25. The van der Waals surface area contributed by atoms with Crippen LogP contribution < -0.4 is 5.73 Å². The summed E-state index contributed by atoms with van der Waals surface area (Å²) >= 11 is 0. The molecule has 102 valence electrons. The Bertz CT molecular complexity index is 600. The second-order valence-electron chi connectivity index (χ2n) is 4.23. The SMILES string of the molecule is CCc1c(N)nn(C)c1-c1ccccc1C(F)(F)F. The highest BCUT2D eigenvalue weighted by molar-refractivity contribution is 5.72. The third-order valence-electron chi connectivity index (χ3n) is 3.02. The van der Waals surface area contributed by atoms with E-state index in [1.165, 1.54) is 16.8 Å². The molecule has 1 heterocycles. The molecule has 0 amide bonds. The van der Waals surface area contributed by atoms with Crippen LogP contribution in [0.2, 0.25) is 0 Å². The Labute approximate surface area is 108 Å². The topological polar surface area (TPSA) is 43.8 Å². The zero-order valence-electron chi connectivity index (χ0n) is 10.6. The minimum atomic E-state index is -4.40. The lowest BCUT2D eigenvalue weighted by Crippen LogP contribution is -2.09. The van der Waals surface area contributed by atoms with Crippen molar-refractivity contribution in [1.29, 1.82) is 0 Å². The average molecular weight is 269 g/mol. The van der Waals surface area contributed by atoms with Crippen molar-refractivity contribution in [3.05, 3.63) is 35.4 Å². The summed E-state index contributed by atoms with van der Waals surface area (Å²) < 4.78 is 40.5. The van der Waals surface area contributed by atoms with Gasteiger partial charge in [0, 0.05) is 18.2 Å². The van der Waals surface area contributed by atoms with E-state index in [0.717, 1.165) is 6.07 Å². The van der Waals surface area contributed by atoms with E-state index < -0.39 is 11.7 Å². The van der Waals surface area contributed by atoms with Crippen molar-refractivity contribution in [3.8, 4) is 11.3 Å². The summed E-state index contributed by atoms with van der Waals surface area (Å²) in [6.45, 7) is 1.84. The molecule has 0 atom stereocenters. The molecule has 0 saturated heterocycles. The first kappa shape index (κ1) is 13.5. The Balaban J connectivity index is 2.73. The Hall–Kier alpha value is -1.98. The van der Waals surface area contributed by atoms with E-state index >= 15 is 0 Å². The molecular weight excluding hydrogens is 255 g/mol. The van der Waals surface area contributed by atoms with Crippen LogP contribution in [0, 0.1) is 0 Å². The van der Waals surface area contributed by atoms with Crippen molar-refractivity contribution < 1.29 is 13.2 Å². The van der Waals surface area contributed by atoms with Crippen molar-refractivity contribution in [2.75, 3.05) is 5.73 Å². The lowest BCUT2D eigenvalue weighted by Gasteiger charge is -2.14. The first-order chi connectivity index (χ1) is 8.86. The van der Waals surface area contributed by atoms with Crippen LogP contribution in [-0.2, 0) is 19.6 Å². The number of aryl methyl sites for hydroxylation is 1. The van der Waals surface area contributed by atoms with Crippen LogP contribution in [0.4, 0.5) is 19.0 Å². The molecular formula is C13H14F3N3. The quantitative estimate of drug-likeness (QED) is 0.909. The van der Waals surface area contributed by atoms with Crippen LogP contribution >= 0.6 is 0 Å². The molecule has 0 saturated carbocycles. The number of anilines is 1. The van der Waals surface area contributed by atoms with Gasteiger partial charge in [-0.1, -0.05) is 25.1 Å². The van der Waals surface area contributed by atoms with E-state index in [2.05, 4.69) is 5.10 Å². The highest BCUT2D eigenvalue weighted by Crippen LogP contribution is 2.38. The summed E-state index contributed by atoms with van der Waals surface area (Å²) in [5.41, 5.74) is 6.23. The van der Waals surface area contributed by atoms with E-state index in [1.54, 1.807) is 13.1 Å². The zero-order chi connectivity index (χ0) is 14.2. The fraction of sp³-hybridized carbons (Fsp3) is 0.308. The van der Waals surface area contributed by atoms with Crippen LogP contribution in [0.1, 0.15) is 18.1 Å². The van der Waals surface area contributed by atoms with Gasteiger partial charge in [-0.15, -0.1) is 0 Å². The average Bonchev–Trinajstić information content (AvgIpc) is 2.62. The molecule has 1 aromatic carbocycles. The van der Waals surface area contributed by atoms with Crippen molar-refractivity contribution in [3.63, 3.8) is 0 Å². The Kier molecular flexibility index (Phi) is 3.26. The fourth-order valence-corrected chi connectivity index (χ4v) is 2.21. The minimum Gasteiger partial charge on any atom is -0.382 e. The summed E-state index contributed by atoms with van der Waals surface area (Å²) in [5, 5.41) is 4.01. The predicted molar refractivity (Wildman–Crippen MR) is 67.4 cm³/mol. The molecule has 0 bridgehead atoms. The number of benzene rings is 1. The van der Waals surface area contributed by atoms with Crippen molar-refractivity contribution in [2.45, 2.75) is 19.5 Å². The van der Waals surface area contributed by atoms with Crippen LogP contribution in [-0.4, -0.2) is 9.78 Å². The van der Waals surface area contributed by atoms with Gasteiger partial charge in [0.05, 0.1) is 11.3 Å². The summed E-state index contributed by atoms with van der Waals surface area (Å²) in [5.74, 6) is 0.275. The van der Waals surface area contributed by atoms with E-state index in [-0.39, 0.29) is 11.4 Å². The van der Waals surface area contributed by atoms with Crippen molar-refractivity contribution in [1.82, 2.24) is 9.78 Å². The molecule has 19 heavy (non-hydrogen) atoms. The first-order valence-electron chi connectivity index (χ1n) is 5.84. The molecule has 2 rings (SSSR count). The van der Waals surface area contributed by atoms with Gasteiger partial charge in [0.1, 0.15) is 5.82 Å². The van der Waals surface area contributed by atoms with E-state index in [0.29, 0.717) is 17.7 Å². The third kappa shape index (κ3) is 2.30. The van der Waals surface area contributed by atoms with Crippen molar-refractivity contribution >= 4 is 5.82 Å². The number of alkyl halides is 3. The molecule has 0 spiro atoms. The van der Waals surface area contributed by atoms with Gasteiger partial charge in [0.25, 0.3) is 0 Å². The van der Waals surface area contributed by atoms with E-state index in [4.69, 9.17) is 5.73 Å². The zero-order valence-corrected chi connectivity index (χ0v) is 10.6. The third-order valence-corrected chi connectivity index (χ3v) is 3.02. The molecule has 0 radical (unpaired) electrons. The van der Waals surface area contributed by atoms with Crippen molar-refractivity contribution in [2.24, 2.45) is 7.05 Å². The molecule has 0 aliphatic carbocycles. The van der Waals surface area contributed by atoms with Gasteiger partial charge in [0.2, 0.25) is 0 Å². The molecule has 2 aromatic rings. The molecule has 6 heteroatoms. The van der Waals surface area contributed by atoms with Gasteiger partial charge in [0.15, 0.2) is 0 Å². The maximum atomic E-state index is 13.0. The van der Waals surface area contributed by atoms with Crippen LogP contribution in [0.3, 0.4) is 0 Å². The van der Waals surface area contributed by atoms with Crippen LogP contribution in [0.25, 0.3) is 11.3 Å². The Morgan fingerprint density at radius 3 is 2.47 bits per heavy atom. The van der Waals surface area contributed by atoms with Gasteiger partial charge < -0.3 is 5.73 Å². The number of rotatable bonds is 2. The fourth-order valence-electron chi connectivity index (χ4n) is 2.21. The number of nitrogens with zero attached hydrogens (tertiary/aromatic N) is 2. The highest BCUT2D eigenvalue weighted by atomic mass is 19.4. The second kappa shape index (κ2) is 4.60. The summed E-state index contributed by atoms with van der Waals surface area (Å²) in [4.78, 5) is 0. The Morgan fingerprint density at radius 2 is 1.89 bits per heavy atom. The smallest absolute Gasteiger partial charge is 0.382 e. The molecule has 1 aromatic heterocycles. The summed E-state index contributed by atoms with van der Waals surface area (Å²) in [6.07, 6.45) is -3.87. The van der Waals surface area contributed by atoms with Crippen LogP contribution in [0.5, 0.6) is 0 Å². The number of hydrogen-bond acceptors (Lipinski definition) is 2. The lowest BCUT2D eigenvalue weighted by atomic mass is 10.00. The van der Waals surface area contributed by atoms with Gasteiger partial charge in [-0.3, -0.25) is 4.68 Å². The number of nitrogen functional groups attached to an aromatic ring is 1. The van der Waals surface area contributed by atoms with Crippen LogP contribution in [0.15, 0.2) is 24.3 Å². The second-order valence-corrected chi connectivity index (χ2v) is 4.23. The molecule has 0 fully saturated rings. The molecule has 0 unspecified atom stereocenters. The van der Waals surface area contributed by atoms with Gasteiger partial charge in [-0.25, -0.2) is 0 Å². The minimum absolute atomic E-state index is 0.110. The number of aromatic nitrogens is 2. The number of halogens is 3. The molecule has 0 aliphatic rings. The molecule has 2 N–H and O–H groups in total. The monoisotopic (exact) mass is 269 g/mol. The van der Waals surface area contributed by atoms with Gasteiger partial charge >= 0.3 is 6.18 Å². The molecule has 3 nitrogen and oxygen atoms in total. The summed E-state index contributed by atoms with van der Waals surface area (Å²) in [6, 6.07) is 5.46. The van der Waals surface area contributed by atoms with Gasteiger partial charge in [-0.05, 0) is 12.5 Å². The largest absolute Gasteiger partial charge is 0.417 e. The maximum Gasteiger partial charge on any atom is 0.417 e. The highest BCUT2D eigenvalue weighted by Gasteiger charge is 2.34. The maximum absolute atomic E-state index is 13.0. The molecule has 0 aliphatic heterocycles. The number of nitrogens with two attached hydrogens (primary N) is 1.